The summed E-state index contributed by atoms with van der Waals surface area (Å²) in [5, 5.41) is 0. The average molecular weight is 247 g/mol. The Kier molecular flexibility index (Phi) is 4.35. The fourth-order valence-corrected chi connectivity index (χ4v) is 1.54. The first-order valence-corrected chi connectivity index (χ1v) is 5.82. The Bertz CT molecular complexity index is 308. The number of hydrogen-bond acceptors (Lipinski definition) is 4. The van der Waals surface area contributed by atoms with Crippen LogP contribution in [0.3, 0.4) is 0 Å². The topological polar surface area (TPSA) is 55.8 Å². The molecule has 1 aliphatic heterocycles. The monoisotopic (exact) mass is 247 g/mol. The normalized spacial score (nSPS) is 16.7. The molecule has 1 heterocycles. The summed E-state index contributed by atoms with van der Waals surface area (Å²) in [5.74, 6) is 0.650. The van der Waals surface area contributed by atoms with E-state index in [2.05, 4.69) is 0 Å². The van der Waals surface area contributed by atoms with Crippen molar-refractivity contribution >= 4 is 18.0 Å². The van der Waals surface area contributed by atoms with E-state index in [1.165, 1.54) is 0 Å². The third-order valence-corrected chi connectivity index (χ3v) is 2.28. The van der Waals surface area contributed by atoms with Crippen LogP contribution < -0.4 is 0 Å². The molecule has 6 heteroatoms. The molecule has 0 spiro atoms. The summed E-state index contributed by atoms with van der Waals surface area (Å²) >= 11 is -0.356. The second-order valence-corrected chi connectivity index (χ2v) is 4.84. The number of ether oxygens (including phenoxy) is 1. The van der Waals surface area contributed by atoms with Crippen LogP contribution in [-0.2, 0) is 20.9 Å². The zero-order valence-corrected chi connectivity index (χ0v) is 10.6. The Hall–Kier alpha value is -1.04. The van der Waals surface area contributed by atoms with E-state index >= 15 is 0 Å². The summed E-state index contributed by atoms with van der Waals surface area (Å²) in [6.07, 6.45) is 1.97. The van der Waals surface area contributed by atoms with Crippen molar-refractivity contribution in [2.24, 2.45) is 0 Å². The van der Waals surface area contributed by atoms with Crippen LogP contribution in [0.5, 0.6) is 0 Å². The van der Waals surface area contributed by atoms with E-state index in [1.807, 2.05) is 20.8 Å². The predicted molar refractivity (Wildman–Crippen MR) is 61.1 cm³/mol. The largest absolute Gasteiger partial charge is 0.444 e. The van der Waals surface area contributed by atoms with Gasteiger partial charge in [0.15, 0.2) is 11.9 Å². The summed E-state index contributed by atoms with van der Waals surface area (Å²) in [4.78, 5) is 13.2. The van der Waals surface area contributed by atoms with Crippen LogP contribution in [-0.4, -0.2) is 33.9 Å². The molecular formula is C10H17NO4S. The number of carbonyl (C=O) groups excluding carboxylic acids is 1. The van der Waals surface area contributed by atoms with E-state index in [-0.39, 0.29) is 18.0 Å². The van der Waals surface area contributed by atoms with Crippen LogP contribution in [0.15, 0.2) is 11.8 Å². The molecule has 0 aromatic rings. The van der Waals surface area contributed by atoms with Crippen molar-refractivity contribution < 1.29 is 17.9 Å². The lowest BCUT2D eigenvalue weighted by Gasteiger charge is -2.28. The molecule has 1 aliphatic rings. The molecule has 0 aliphatic carbocycles. The molecule has 16 heavy (non-hydrogen) atoms. The van der Waals surface area contributed by atoms with Gasteiger partial charge in [-0.3, -0.25) is 0 Å². The number of amides is 1. The number of rotatable bonds is 2. The van der Waals surface area contributed by atoms with Crippen molar-refractivity contribution in [3.8, 4) is 0 Å². The highest BCUT2D eigenvalue weighted by atomic mass is 32.2. The van der Waals surface area contributed by atoms with Gasteiger partial charge in [0.25, 0.3) is 0 Å². The summed E-state index contributed by atoms with van der Waals surface area (Å²) in [5.41, 5.74) is -0.481. The van der Waals surface area contributed by atoms with Gasteiger partial charge in [0.1, 0.15) is 11.4 Å². The predicted octanol–water partition coefficient (Wildman–Crippen LogP) is 1.39. The first-order chi connectivity index (χ1) is 7.42. The molecule has 1 rings (SSSR count). The Labute approximate surface area is 99.1 Å². The van der Waals surface area contributed by atoms with Crippen molar-refractivity contribution in [3.63, 3.8) is 0 Å². The molecule has 0 radical (unpaired) electrons. The van der Waals surface area contributed by atoms with E-state index in [0.29, 0.717) is 25.3 Å². The molecule has 0 saturated heterocycles. The highest BCUT2D eigenvalue weighted by molar-refractivity contribution is 7.60. The lowest BCUT2D eigenvalue weighted by molar-refractivity contribution is 0.0259. The fraction of sp³-hybridized carbons (Fsp3) is 0.700. The van der Waals surface area contributed by atoms with Gasteiger partial charge in [-0.15, -0.1) is 0 Å². The number of thiol groups is 1. The maximum atomic E-state index is 11.6. The molecule has 5 nitrogen and oxygen atoms in total. The quantitative estimate of drug-likeness (QED) is 0.749. The molecule has 0 atom stereocenters. The Morgan fingerprint density at radius 1 is 1.50 bits per heavy atom. The first-order valence-electron chi connectivity index (χ1n) is 5.09. The molecule has 0 aromatic carbocycles. The number of nitrogens with zero attached hydrogens (tertiary/aromatic N) is 1. The van der Waals surface area contributed by atoms with Crippen molar-refractivity contribution in [2.75, 3.05) is 13.1 Å². The van der Waals surface area contributed by atoms with Crippen molar-refractivity contribution in [2.45, 2.75) is 32.8 Å². The molecule has 1 amide bonds. The maximum Gasteiger partial charge on any atom is 0.410 e. The summed E-state index contributed by atoms with van der Waals surface area (Å²) in [6, 6.07) is 0. The highest BCUT2D eigenvalue weighted by Crippen LogP contribution is 2.15. The molecular weight excluding hydrogens is 230 g/mol. The van der Waals surface area contributed by atoms with Gasteiger partial charge in [0.2, 0.25) is 0 Å². The molecule has 0 N–H and O–H groups in total. The highest BCUT2D eigenvalue weighted by Gasteiger charge is 2.23. The van der Waals surface area contributed by atoms with E-state index in [4.69, 9.17) is 8.92 Å². The smallest absolute Gasteiger partial charge is 0.410 e. The molecule has 0 fully saturated rings. The van der Waals surface area contributed by atoms with Crippen LogP contribution in [0.4, 0.5) is 4.79 Å². The maximum absolute atomic E-state index is 11.6. The van der Waals surface area contributed by atoms with Gasteiger partial charge < -0.3 is 13.8 Å². The minimum atomic E-state index is -0.481. The van der Waals surface area contributed by atoms with E-state index in [0.717, 1.165) is 0 Å². The number of carbonyl (C=O) groups is 1. The van der Waals surface area contributed by atoms with Crippen LogP contribution in [0.2, 0.25) is 0 Å². The van der Waals surface area contributed by atoms with E-state index < -0.39 is 5.60 Å². The summed E-state index contributed by atoms with van der Waals surface area (Å²) < 4.78 is 20.2. The van der Waals surface area contributed by atoms with Crippen molar-refractivity contribution in [1.29, 1.82) is 0 Å². The lowest BCUT2D eigenvalue weighted by Crippen LogP contribution is -2.39. The fourth-order valence-electron chi connectivity index (χ4n) is 1.27. The van der Waals surface area contributed by atoms with Gasteiger partial charge >= 0.3 is 6.09 Å². The first kappa shape index (κ1) is 13.0. The zero-order valence-electron chi connectivity index (χ0n) is 9.73. The second kappa shape index (κ2) is 5.34. The summed E-state index contributed by atoms with van der Waals surface area (Å²) in [6.45, 7) is 6.44. The molecule has 0 aromatic heterocycles. The van der Waals surface area contributed by atoms with Crippen molar-refractivity contribution in [3.05, 3.63) is 11.8 Å². The second-order valence-electron chi connectivity index (χ2n) is 4.51. The zero-order chi connectivity index (χ0) is 12.2. The van der Waals surface area contributed by atoms with Crippen LogP contribution in [0.25, 0.3) is 0 Å². The van der Waals surface area contributed by atoms with Gasteiger partial charge in [0, 0.05) is 19.5 Å². The molecule has 92 valence electrons. The van der Waals surface area contributed by atoms with E-state index in [9.17, 15) is 9.00 Å². The molecule has 0 saturated carbocycles. The Morgan fingerprint density at radius 3 is 2.62 bits per heavy atom. The van der Waals surface area contributed by atoms with Crippen LogP contribution in [0.1, 0.15) is 27.2 Å². The van der Waals surface area contributed by atoms with Crippen LogP contribution in [0, 0.1) is 0 Å². The Balaban J connectivity index is 2.47. The minimum absolute atomic E-state index is 0.331. The van der Waals surface area contributed by atoms with Gasteiger partial charge in [-0.05, 0) is 26.8 Å². The Morgan fingerprint density at radius 2 is 2.19 bits per heavy atom. The lowest BCUT2D eigenvalue weighted by atomic mass is 10.2. The van der Waals surface area contributed by atoms with Crippen LogP contribution >= 0.6 is 0 Å². The molecule has 0 bridgehead atoms. The van der Waals surface area contributed by atoms with Gasteiger partial charge in [-0.25, -0.2) is 9.00 Å². The average Bonchev–Trinajstić information content (AvgIpc) is 2.16. The van der Waals surface area contributed by atoms with Gasteiger partial charge in [-0.2, -0.15) is 0 Å². The third kappa shape index (κ3) is 4.22. The van der Waals surface area contributed by atoms with Gasteiger partial charge in [0.05, 0.1) is 0 Å². The minimum Gasteiger partial charge on any atom is -0.444 e. The SMILES string of the molecule is CC(C)(C)OC(=O)N1CC=C(O[SH]=O)CC1. The third-order valence-electron chi connectivity index (χ3n) is 1.97. The van der Waals surface area contributed by atoms with E-state index in [1.54, 1.807) is 11.0 Å². The number of hydrogen-bond donors (Lipinski definition) is 1. The van der Waals surface area contributed by atoms with Crippen molar-refractivity contribution in [1.82, 2.24) is 4.90 Å². The van der Waals surface area contributed by atoms with Gasteiger partial charge in [-0.1, -0.05) is 0 Å². The standard InChI is InChI=1S/C10H17NO4S/c1-10(2,3)14-9(12)11-6-4-8(5-7-11)15-16-13/h4,16H,5-7H2,1-3H3. The molecule has 0 unspecified atom stereocenters. The summed E-state index contributed by atoms with van der Waals surface area (Å²) in [7, 11) is 0.